The number of carbonyl (C=O) groups excluding carboxylic acids is 1. The van der Waals surface area contributed by atoms with E-state index in [-0.39, 0.29) is 5.97 Å². The van der Waals surface area contributed by atoms with Gasteiger partial charge in [-0.1, -0.05) is 18.2 Å². The zero-order valence-corrected chi connectivity index (χ0v) is 12.0. The molecule has 4 heteroatoms. The lowest BCUT2D eigenvalue weighted by Crippen LogP contribution is -2.03. The van der Waals surface area contributed by atoms with Gasteiger partial charge in [0.1, 0.15) is 11.2 Å². The van der Waals surface area contributed by atoms with Crippen LogP contribution in [0.15, 0.2) is 53.1 Å². The Bertz CT molecular complexity index is 1020. The zero-order valence-electron chi connectivity index (χ0n) is 12.0. The molecule has 0 amide bonds. The largest absolute Gasteiger partial charge is 0.462 e. The van der Waals surface area contributed by atoms with Gasteiger partial charge in [0, 0.05) is 22.4 Å². The predicted octanol–water partition coefficient (Wildman–Crippen LogP) is 4.31. The highest BCUT2D eigenvalue weighted by molar-refractivity contribution is 6.16. The molecule has 0 aliphatic rings. The number of para-hydroxylation sites is 1. The van der Waals surface area contributed by atoms with Crippen molar-refractivity contribution in [1.82, 2.24) is 4.98 Å². The highest BCUT2D eigenvalue weighted by Gasteiger charge is 2.17. The van der Waals surface area contributed by atoms with Gasteiger partial charge in [-0.3, -0.25) is 4.98 Å². The van der Waals surface area contributed by atoms with Crippen molar-refractivity contribution in [1.29, 1.82) is 0 Å². The SMILES string of the molecule is CCOC(=O)c1cnc2ccc3oc4ccccc4cc3c12. The fourth-order valence-corrected chi connectivity index (χ4v) is 2.74. The molecule has 0 saturated carbocycles. The molecule has 2 heterocycles. The molecule has 108 valence electrons. The first-order valence-corrected chi connectivity index (χ1v) is 7.15. The molecule has 0 fully saturated rings. The number of rotatable bonds is 2. The van der Waals surface area contributed by atoms with Crippen LogP contribution in [-0.4, -0.2) is 17.6 Å². The summed E-state index contributed by atoms with van der Waals surface area (Å²) in [6, 6.07) is 13.6. The van der Waals surface area contributed by atoms with Gasteiger partial charge in [-0.15, -0.1) is 0 Å². The summed E-state index contributed by atoms with van der Waals surface area (Å²) in [6.45, 7) is 2.13. The summed E-state index contributed by atoms with van der Waals surface area (Å²) in [5.74, 6) is -0.356. The molecule has 0 unspecified atom stereocenters. The van der Waals surface area contributed by atoms with Crippen LogP contribution in [0.4, 0.5) is 0 Å². The molecule has 0 spiro atoms. The second kappa shape index (κ2) is 4.84. The van der Waals surface area contributed by atoms with Gasteiger partial charge in [0.25, 0.3) is 0 Å². The van der Waals surface area contributed by atoms with Gasteiger partial charge in [0.2, 0.25) is 0 Å². The van der Waals surface area contributed by atoms with E-state index in [9.17, 15) is 4.79 Å². The Morgan fingerprint density at radius 2 is 2.05 bits per heavy atom. The Morgan fingerprint density at radius 1 is 1.18 bits per heavy atom. The quantitative estimate of drug-likeness (QED) is 0.408. The van der Waals surface area contributed by atoms with Crippen molar-refractivity contribution >= 4 is 38.8 Å². The lowest BCUT2D eigenvalue weighted by Gasteiger charge is -2.05. The molecule has 4 aromatic rings. The third-order valence-electron chi connectivity index (χ3n) is 3.72. The van der Waals surface area contributed by atoms with Gasteiger partial charge in [0.05, 0.1) is 17.7 Å². The molecule has 0 radical (unpaired) electrons. The normalized spacial score (nSPS) is 11.3. The molecule has 0 atom stereocenters. The second-order valence-electron chi connectivity index (χ2n) is 5.05. The maximum atomic E-state index is 12.1. The summed E-state index contributed by atoms with van der Waals surface area (Å²) in [5, 5.41) is 2.64. The number of hydrogen-bond acceptors (Lipinski definition) is 4. The van der Waals surface area contributed by atoms with E-state index in [0.29, 0.717) is 12.2 Å². The Morgan fingerprint density at radius 3 is 2.91 bits per heavy atom. The highest BCUT2D eigenvalue weighted by atomic mass is 16.5. The molecule has 22 heavy (non-hydrogen) atoms. The van der Waals surface area contributed by atoms with Crippen LogP contribution < -0.4 is 0 Å². The van der Waals surface area contributed by atoms with Crippen LogP contribution in [-0.2, 0) is 4.74 Å². The Hall–Kier alpha value is -2.88. The first-order valence-electron chi connectivity index (χ1n) is 7.15. The molecular formula is C18H13NO3. The fourth-order valence-electron chi connectivity index (χ4n) is 2.74. The number of aromatic nitrogens is 1. The zero-order chi connectivity index (χ0) is 15.1. The summed E-state index contributed by atoms with van der Waals surface area (Å²) in [7, 11) is 0. The van der Waals surface area contributed by atoms with Crippen molar-refractivity contribution in [3.05, 3.63) is 54.2 Å². The first-order chi connectivity index (χ1) is 10.8. The van der Waals surface area contributed by atoms with Crippen molar-refractivity contribution in [3.63, 3.8) is 0 Å². The Kier molecular flexibility index (Phi) is 2.82. The van der Waals surface area contributed by atoms with E-state index in [1.807, 2.05) is 42.5 Å². The third-order valence-corrected chi connectivity index (χ3v) is 3.72. The van der Waals surface area contributed by atoms with Crippen LogP contribution in [0.3, 0.4) is 0 Å². The summed E-state index contributed by atoms with van der Waals surface area (Å²) in [4.78, 5) is 16.4. The van der Waals surface area contributed by atoms with Gasteiger partial charge in [-0.2, -0.15) is 0 Å². The van der Waals surface area contributed by atoms with E-state index < -0.39 is 0 Å². The van der Waals surface area contributed by atoms with Gasteiger partial charge < -0.3 is 9.15 Å². The van der Waals surface area contributed by atoms with E-state index >= 15 is 0 Å². The standard InChI is InChI=1S/C18H13NO3/c1-2-21-18(20)13-10-19-14-7-8-16-12(17(13)14)9-11-5-3-4-6-15(11)22-16/h3-10H,2H2,1H3. The average Bonchev–Trinajstić information content (AvgIpc) is 2.98. The van der Waals surface area contributed by atoms with Crippen molar-refractivity contribution in [2.45, 2.75) is 6.92 Å². The van der Waals surface area contributed by atoms with E-state index in [2.05, 4.69) is 4.98 Å². The lowest BCUT2D eigenvalue weighted by molar-refractivity contribution is 0.0529. The van der Waals surface area contributed by atoms with E-state index in [1.165, 1.54) is 0 Å². The molecule has 2 aromatic carbocycles. The number of esters is 1. The van der Waals surface area contributed by atoms with Crippen LogP contribution >= 0.6 is 0 Å². The molecule has 4 rings (SSSR count). The fraction of sp³-hybridized carbons (Fsp3) is 0.111. The minimum absolute atomic E-state index is 0.337. The molecule has 0 aliphatic heterocycles. The molecule has 0 aliphatic carbocycles. The number of nitrogens with zero attached hydrogens (tertiary/aromatic N) is 1. The number of carbonyl (C=O) groups is 1. The van der Waals surface area contributed by atoms with Crippen LogP contribution in [0.25, 0.3) is 32.8 Å². The van der Waals surface area contributed by atoms with Crippen molar-refractivity contribution in [2.24, 2.45) is 0 Å². The molecule has 0 saturated heterocycles. The molecule has 2 aromatic heterocycles. The lowest BCUT2D eigenvalue weighted by atomic mass is 10.1. The molecular weight excluding hydrogens is 278 g/mol. The Labute approximate surface area is 126 Å². The van der Waals surface area contributed by atoms with E-state index in [0.717, 1.165) is 32.8 Å². The monoisotopic (exact) mass is 291 g/mol. The van der Waals surface area contributed by atoms with Gasteiger partial charge in [-0.05, 0) is 31.2 Å². The van der Waals surface area contributed by atoms with Crippen molar-refractivity contribution in [3.8, 4) is 0 Å². The van der Waals surface area contributed by atoms with Gasteiger partial charge in [-0.25, -0.2) is 4.79 Å². The van der Waals surface area contributed by atoms with Crippen LogP contribution in [0, 0.1) is 0 Å². The predicted molar refractivity (Wildman–Crippen MR) is 85.0 cm³/mol. The topological polar surface area (TPSA) is 52.3 Å². The van der Waals surface area contributed by atoms with Gasteiger partial charge in [0.15, 0.2) is 0 Å². The maximum absolute atomic E-state index is 12.1. The average molecular weight is 291 g/mol. The maximum Gasteiger partial charge on any atom is 0.340 e. The number of ether oxygens (including phenoxy) is 1. The molecule has 4 nitrogen and oxygen atoms in total. The summed E-state index contributed by atoms with van der Waals surface area (Å²) in [6.07, 6.45) is 1.57. The number of hydrogen-bond donors (Lipinski definition) is 0. The van der Waals surface area contributed by atoms with Gasteiger partial charge >= 0.3 is 5.97 Å². The summed E-state index contributed by atoms with van der Waals surface area (Å²) < 4.78 is 11.1. The minimum Gasteiger partial charge on any atom is -0.462 e. The summed E-state index contributed by atoms with van der Waals surface area (Å²) in [5.41, 5.74) is 2.78. The second-order valence-corrected chi connectivity index (χ2v) is 5.05. The van der Waals surface area contributed by atoms with Crippen molar-refractivity contribution < 1.29 is 13.9 Å². The molecule has 0 bridgehead atoms. The van der Waals surface area contributed by atoms with Crippen LogP contribution in [0.1, 0.15) is 17.3 Å². The highest BCUT2D eigenvalue weighted by Crippen LogP contribution is 2.31. The number of fused-ring (bicyclic) bond motifs is 4. The minimum atomic E-state index is -0.356. The first kappa shape index (κ1) is 12.8. The smallest absolute Gasteiger partial charge is 0.340 e. The third kappa shape index (κ3) is 1.84. The number of benzene rings is 2. The summed E-state index contributed by atoms with van der Waals surface area (Å²) >= 11 is 0. The van der Waals surface area contributed by atoms with E-state index in [4.69, 9.17) is 9.15 Å². The Balaban J connectivity index is 2.10. The van der Waals surface area contributed by atoms with Crippen molar-refractivity contribution in [2.75, 3.05) is 6.61 Å². The van der Waals surface area contributed by atoms with Crippen LogP contribution in [0.5, 0.6) is 0 Å². The van der Waals surface area contributed by atoms with E-state index in [1.54, 1.807) is 13.1 Å². The van der Waals surface area contributed by atoms with Crippen LogP contribution in [0.2, 0.25) is 0 Å². The molecule has 0 N–H and O–H groups in total.